The number of allylic oxidation sites excluding steroid dienone is 4. The van der Waals surface area contributed by atoms with E-state index in [1.54, 1.807) is 11.3 Å². The molecule has 0 bridgehead atoms. The van der Waals surface area contributed by atoms with E-state index < -0.39 is 0 Å². The van der Waals surface area contributed by atoms with Gasteiger partial charge < -0.3 is 21.2 Å². The molecule has 1 aromatic heterocycles. The summed E-state index contributed by atoms with van der Waals surface area (Å²) in [5.74, 6) is 0.973. The number of piperidine rings is 1. The van der Waals surface area contributed by atoms with Crippen LogP contribution in [0.2, 0.25) is 0 Å². The van der Waals surface area contributed by atoms with Crippen molar-refractivity contribution in [3.05, 3.63) is 59.0 Å². The lowest BCUT2D eigenvalue weighted by molar-refractivity contribution is 0.0607. The molecular weight excluding hydrogens is 480 g/mol. The molecule has 5 N–H and O–H groups in total. The smallest absolute Gasteiger partial charge is 0.253 e. The summed E-state index contributed by atoms with van der Waals surface area (Å²) in [6.07, 6.45) is 8.79. The number of rotatable bonds is 6. The van der Waals surface area contributed by atoms with Gasteiger partial charge in [0, 0.05) is 34.6 Å². The van der Waals surface area contributed by atoms with Gasteiger partial charge in [0.2, 0.25) is 0 Å². The summed E-state index contributed by atoms with van der Waals surface area (Å²) >= 11 is 7.88. The van der Waals surface area contributed by atoms with Crippen LogP contribution in [-0.2, 0) is 0 Å². The molecule has 2 aromatic rings. The Kier molecular flexibility index (Phi) is 11.7. The number of halogens is 1. The zero-order chi connectivity index (χ0) is 22.9. The quantitative estimate of drug-likeness (QED) is 0.508. The molecule has 1 fully saturated rings. The average molecular weight is 523 g/mol. The summed E-state index contributed by atoms with van der Waals surface area (Å²) in [7, 11) is 0. The second-order valence-corrected chi connectivity index (χ2v) is 11.8. The van der Waals surface area contributed by atoms with Crippen LogP contribution in [0.3, 0.4) is 0 Å². The van der Waals surface area contributed by atoms with Crippen molar-refractivity contribution < 1.29 is 15.7 Å². The van der Waals surface area contributed by atoms with E-state index in [-0.39, 0.29) is 41.1 Å². The molecule has 1 aliphatic carbocycles. The van der Waals surface area contributed by atoms with Gasteiger partial charge in [0.1, 0.15) is 0 Å². The summed E-state index contributed by atoms with van der Waals surface area (Å²) < 4.78 is 1.16. The van der Waals surface area contributed by atoms with Gasteiger partial charge in [-0.15, -0.1) is 22.9 Å². The van der Waals surface area contributed by atoms with E-state index in [9.17, 15) is 4.79 Å². The van der Waals surface area contributed by atoms with Crippen molar-refractivity contribution >= 4 is 38.9 Å². The molecule has 0 radical (unpaired) electrons. The number of thiophene rings is 1. The standard InChI is InChI=1S/C27H35ClN2OS.CH4.2H2O/c1-18(2)24(29-26(31)22-16-32-25-8-6-5-7-21(22)25)15-30-14-13-23(27(3,4)17-30)19-9-11-20(28)12-10-19;;;/h5-11,16,18,20,23-24H,12-15,17H2,1-4H3,(H,29,31);1H4;2*1H2/t20?,23-,24+;;;/m1.../s1. The highest BCUT2D eigenvalue weighted by molar-refractivity contribution is 7.17. The molecule has 4 rings (SSSR count). The highest BCUT2D eigenvalue weighted by Crippen LogP contribution is 2.41. The lowest BCUT2D eigenvalue weighted by atomic mass is 9.69. The maximum absolute atomic E-state index is 13.1. The Bertz CT molecular complexity index is 1030. The number of benzene rings is 1. The second kappa shape index (κ2) is 13.0. The van der Waals surface area contributed by atoms with Gasteiger partial charge in [-0.25, -0.2) is 0 Å². The van der Waals surface area contributed by atoms with E-state index in [4.69, 9.17) is 11.6 Å². The number of fused-ring (bicyclic) bond motifs is 1. The molecular formula is C28H43ClN2O3S. The topological polar surface area (TPSA) is 95.3 Å². The number of nitrogens with one attached hydrogen (secondary N) is 1. The van der Waals surface area contributed by atoms with E-state index in [1.807, 2.05) is 23.6 Å². The first-order valence-corrected chi connectivity index (χ1v) is 13.1. The van der Waals surface area contributed by atoms with E-state index in [0.29, 0.717) is 11.8 Å². The molecule has 1 aromatic carbocycles. The fourth-order valence-electron chi connectivity index (χ4n) is 5.21. The normalized spacial score (nSPS) is 22.4. The molecule has 2 heterocycles. The van der Waals surface area contributed by atoms with Crippen molar-refractivity contribution in [2.24, 2.45) is 17.3 Å². The number of nitrogens with zero attached hydrogens (tertiary/aromatic N) is 1. The average Bonchev–Trinajstić information content (AvgIpc) is 3.18. The molecule has 1 aliphatic heterocycles. The molecule has 35 heavy (non-hydrogen) atoms. The number of hydrogen-bond acceptors (Lipinski definition) is 3. The Hall–Kier alpha value is -1.70. The molecule has 3 atom stereocenters. The van der Waals surface area contributed by atoms with Gasteiger partial charge in [-0.2, -0.15) is 0 Å². The summed E-state index contributed by atoms with van der Waals surface area (Å²) in [4.78, 5) is 15.7. The predicted molar refractivity (Wildman–Crippen MR) is 152 cm³/mol. The van der Waals surface area contributed by atoms with E-state index >= 15 is 0 Å². The van der Waals surface area contributed by atoms with Crippen molar-refractivity contribution in [3.8, 4) is 0 Å². The lowest BCUT2D eigenvalue weighted by Crippen LogP contribution is -2.52. The van der Waals surface area contributed by atoms with Crippen LogP contribution in [0.25, 0.3) is 10.1 Å². The molecule has 7 heteroatoms. The first-order chi connectivity index (χ1) is 15.2. The fraction of sp³-hybridized carbons (Fsp3) is 0.536. The molecule has 2 aliphatic rings. The highest BCUT2D eigenvalue weighted by atomic mass is 35.5. The summed E-state index contributed by atoms with van der Waals surface area (Å²) in [5, 5.41) is 6.53. The van der Waals surface area contributed by atoms with Crippen LogP contribution in [0.4, 0.5) is 0 Å². The number of amides is 1. The maximum Gasteiger partial charge on any atom is 0.253 e. The minimum absolute atomic E-state index is 0. The Morgan fingerprint density at radius 1 is 1.26 bits per heavy atom. The maximum atomic E-state index is 13.1. The molecule has 0 saturated carbocycles. The number of alkyl halides is 1. The van der Waals surface area contributed by atoms with Crippen molar-refractivity contribution in [2.75, 3.05) is 19.6 Å². The number of carbonyl (C=O) groups excluding carboxylic acids is 1. The minimum atomic E-state index is 0. The van der Waals surface area contributed by atoms with Crippen LogP contribution in [-0.4, -0.2) is 52.8 Å². The highest BCUT2D eigenvalue weighted by Gasteiger charge is 2.38. The second-order valence-electron chi connectivity index (χ2n) is 10.3. The van der Waals surface area contributed by atoms with Crippen LogP contribution in [0, 0.1) is 17.3 Å². The summed E-state index contributed by atoms with van der Waals surface area (Å²) in [5.41, 5.74) is 2.43. The van der Waals surface area contributed by atoms with Crippen LogP contribution in [0.1, 0.15) is 58.3 Å². The largest absolute Gasteiger partial charge is 0.412 e. The monoisotopic (exact) mass is 522 g/mol. The van der Waals surface area contributed by atoms with Gasteiger partial charge in [0.25, 0.3) is 5.91 Å². The van der Waals surface area contributed by atoms with Crippen molar-refractivity contribution in [1.82, 2.24) is 10.2 Å². The third-order valence-electron chi connectivity index (χ3n) is 7.09. The zero-order valence-electron chi connectivity index (χ0n) is 20.6. The van der Waals surface area contributed by atoms with Crippen molar-refractivity contribution in [3.63, 3.8) is 0 Å². The Morgan fingerprint density at radius 3 is 2.60 bits per heavy atom. The predicted octanol–water partition coefficient (Wildman–Crippen LogP) is 5.48. The van der Waals surface area contributed by atoms with Crippen LogP contribution >= 0.6 is 22.9 Å². The third-order valence-corrected chi connectivity index (χ3v) is 8.38. The van der Waals surface area contributed by atoms with Crippen LogP contribution < -0.4 is 5.32 Å². The van der Waals surface area contributed by atoms with Crippen molar-refractivity contribution in [2.45, 2.75) is 59.4 Å². The van der Waals surface area contributed by atoms with Crippen LogP contribution in [0.5, 0.6) is 0 Å². The van der Waals surface area contributed by atoms with Gasteiger partial charge in [-0.05, 0) is 48.3 Å². The van der Waals surface area contributed by atoms with Gasteiger partial charge in [0.15, 0.2) is 0 Å². The molecule has 196 valence electrons. The minimum Gasteiger partial charge on any atom is -0.412 e. The van der Waals surface area contributed by atoms with Gasteiger partial charge in [-0.1, -0.05) is 71.5 Å². The molecule has 1 unspecified atom stereocenters. The number of hydrogen-bond donors (Lipinski definition) is 1. The Labute approximate surface area is 219 Å². The van der Waals surface area contributed by atoms with Gasteiger partial charge >= 0.3 is 0 Å². The fourth-order valence-corrected chi connectivity index (χ4v) is 6.31. The number of likely N-dealkylation sites (tertiary alicyclic amines) is 1. The van der Waals surface area contributed by atoms with Gasteiger partial charge in [-0.3, -0.25) is 4.79 Å². The molecule has 5 nitrogen and oxygen atoms in total. The van der Waals surface area contributed by atoms with E-state index in [1.165, 1.54) is 5.57 Å². The van der Waals surface area contributed by atoms with Gasteiger partial charge in [0.05, 0.1) is 10.9 Å². The molecule has 0 spiro atoms. The van der Waals surface area contributed by atoms with Crippen LogP contribution in [0.15, 0.2) is 53.4 Å². The van der Waals surface area contributed by atoms with E-state index in [2.05, 4.69) is 62.2 Å². The number of carbonyl (C=O) groups is 1. The summed E-state index contributed by atoms with van der Waals surface area (Å²) in [6.45, 7) is 12.2. The lowest BCUT2D eigenvalue weighted by Gasteiger charge is -2.46. The molecule has 1 amide bonds. The van der Waals surface area contributed by atoms with Crippen molar-refractivity contribution in [1.29, 1.82) is 0 Å². The first-order valence-electron chi connectivity index (χ1n) is 11.8. The van der Waals surface area contributed by atoms with E-state index in [0.717, 1.165) is 48.1 Å². The zero-order valence-corrected chi connectivity index (χ0v) is 22.2. The molecule has 1 saturated heterocycles. The Balaban J connectivity index is 0.00000204. The third kappa shape index (κ3) is 7.17. The Morgan fingerprint density at radius 2 is 1.97 bits per heavy atom. The summed E-state index contributed by atoms with van der Waals surface area (Å²) in [6, 6.07) is 8.27. The first kappa shape index (κ1) is 31.3. The SMILES string of the molecule is C.CC(C)[C@H](CN1CC[C@H](C2=CCC(Cl)C=C2)C(C)(C)C1)NC(=O)c1csc2ccccc12.O.O.